The van der Waals surface area contributed by atoms with Crippen LogP contribution >= 0.6 is 0 Å². The van der Waals surface area contributed by atoms with Crippen LogP contribution in [0.2, 0.25) is 0 Å². The predicted molar refractivity (Wildman–Crippen MR) is 173 cm³/mol. The second-order valence-corrected chi connectivity index (χ2v) is 11.8. The van der Waals surface area contributed by atoms with Crippen LogP contribution in [0.4, 0.5) is 0 Å². The van der Waals surface area contributed by atoms with E-state index < -0.39 is 0 Å². The van der Waals surface area contributed by atoms with Crippen LogP contribution in [0.25, 0.3) is 66.1 Å². The zero-order valence-electron chi connectivity index (χ0n) is 23.1. The van der Waals surface area contributed by atoms with Crippen molar-refractivity contribution in [3.05, 3.63) is 145 Å². The third-order valence-electron chi connectivity index (χ3n) is 9.32. The van der Waals surface area contributed by atoms with E-state index in [1.807, 2.05) is 0 Å². The molecule has 0 atom stereocenters. The van der Waals surface area contributed by atoms with E-state index in [0.29, 0.717) is 0 Å². The van der Waals surface area contributed by atoms with Gasteiger partial charge < -0.3 is 9.13 Å². The van der Waals surface area contributed by atoms with E-state index in [1.165, 1.54) is 77.2 Å². The van der Waals surface area contributed by atoms with Gasteiger partial charge in [0.25, 0.3) is 0 Å². The van der Waals surface area contributed by atoms with Crippen LogP contribution < -0.4 is 0 Å². The van der Waals surface area contributed by atoms with Crippen LogP contribution in [0, 0.1) is 0 Å². The zero-order chi connectivity index (χ0) is 27.3. The molecule has 0 bridgehead atoms. The minimum absolute atomic E-state index is 0.0373. The molecule has 0 unspecified atom stereocenters. The molecule has 0 spiro atoms. The molecule has 1 aliphatic rings. The number of aromatic nitrogens is 2. The molecule has 0 saturated heterocycles. The Balaban J connectivity index is 1.30. The highest BCUT2D eigenvalue weighted by Crippen LogP contribution is 2.49. The van der Waals surface area contributed by atoms with Gasteiger partial charge in [-0.2, -0.15) is 0 Å². The maximum absolute atomic E-state index is 2.44. The van der Waals surface area contributed by atoms with E-state index in [9.17, 15) is 0 Å². The minimum Gasteiger partial charge on any atom is -0.309 e. The van der Waals surface area contributed by atoms with Gasteiger partial charge in [0, 0.05) is 38.3 Å². The Bertz CT molecular complexity index is 2290. The molecule has 0 N–H and O–H groups in total. The van der Waals surface area contributed by atoms with Crippen LogP contribution in [-0.4, -0.2) is 9.13 Å². The summed E-state index contributed by atoms with van der Waals surface area (Å²) in [5.74, 6) is 0. The standard InChI is InChI=1S/C39H28N2/c1-39(2)33-15-7-3-11-27(33)28-21-19-26(24-34(28)39)41-37-18-10-6-14-31(37)32-23-25(20-22-38(32)41)40-35-16-8-4-12-29(35)30-13-5-9-17-36(30)40/h3-24H,1-2H3. The van der Waals surface area contributed by atoms with Gasteiger partial charge in [-0.15, -0.1) is 0 Å². The highest BCUT2D eigenvalue weighted by Gasteiger charge is 2.35. The quantitative estimate of drug-likeness (QED) is 0.213. The molecule has 0 fully saturated rings. The van der Waals surface area contributed by atoms with Gasteiger partial charge in [-0.25, -0.2) is 0 Å². The van der Waals surface area contributed by atoms with Gasteiger partial charge in [0.15, 0.2) is 0 Å². The summed E-state index contributed by atoms with van der Waals surface area (Å²) in [7, 11) is 0. The van der Waals surface area contributed by atoms with E-state index in [4.69, 9.17) is 0 Å². The molecule has 0 radical (unpaired) electrons. The lowest BCUT2D eigenvalue weighted by atomic mass is 9.82. The lowest BCUT2D eigenvalue weighted by Crippen LogP contribution is -2.15. The molecule has 8 aromatic rings. The average Bonchev–Trinajstić information content (AvgIpc) is 3.61. The minimum atomic E-state index is -0.0373. The summed E-state index contributed by atoms with van der Waals surface area (Å²) < 4.78 is 4.85. The number of fused-ring (bicyclic) bond motifs is 9. The maximum Gasteiger partial charge on any atom is 0.0542 e. The van der Waals surface area contributed by atoms with Crippen LogP contribution in [0.3, 0.4) is 0 Å². The molecule has 1 aliphatic carbocycles. The second-order valence-electron chi connectivity index (χ2n) is 11.8. The lowest BCUT2D eigenvalue weighted by molar-refractivity contribution is 0.660. The van der Waals surface area contributed by atoms with Gasteiger partial charge in [0.2, 0.25) is 0 Å². The SMILES string of the molecule is CC1(C)c2ccccc2-c2ccc(-n3c4ccccc4c4cc(-n5c6ccccc6c6ccccc65)ccc43)cc21. The molecule has 0 amide bonds. The molecule has 6 aromatic carbocycles. The van der Waals surface area contributed by atoms with Crippen molar-refractivity contribution in [1.82, 2.24) is 9.13 Å². The number of nitrogens with zero attached hydrogens (tertiary/aromatic N) is 2. The van der Waals surface area contributed by atoms with Gasteiger partial charge in [0.1, 0.15) is 0 Å². The molecule has 2 heterocycles. The molecule has 194 valence electrons. The fourth-order valence-corrected chi connectivity index (χ4v) is 7.41. The molecular weight excluding hydrogens is 496 g/mol. The van der Waals surface area contributed by atoms with Gasteiger partial charge in [-0.3, -0.25) is 0 Å². The molecular formula is C39H28N2. The fraction of sp³-hybridized carbons (Fsp3) is 0.0769. The van der Waals surface area contributed by atoms with E-state index in [2.05, 4.69) is 156 Å². The first-order chi connectivity index (χ1) is 20.1. The Morgan fingerprint density at radius 3 is 1.51 bits per heavy atom. The van der Waals surface area contributed by atoms with Crippen molar-refractivity contribution in [2.75, 3.05) is 0 Å². The predicted octanol–water partition coefficient (Wildman–Crippen LogP) is 10.2. The Kier molecular flexibility index (Phi) is 4.42. The number of hydrogen-bond donors (Lipinski definition) is 0. The third kappa shape index (κ3) is 2.97. The van der Waals surface area contributed by atoms with Crippen molar-refractivity contribution in [3.63, 3.8) is 0 Å². The second kappa shape index (κ2) is 7.99. The van der Waals surface area contributed by atoms with E-state index in [0.717, 1.165) is 0 Å². The normalized spacial score (nSPS) is 13.8. The largest absolute Gasteiger partial charge is 0.309 e. The van der Waals surface area contributed by atoms with Crippen molar-refractivity contribution >= 4 is 43.6 Å². The number of benzene rings is 6. The molecule has 2 aromatic heterocycles. The molecule has 41 heavy (non-hydrogen) atoms. The highest BCUT2D eigenvalue weighted by atomic mass is 15.0. The van der Waals surface area contributed by atoms with Gasteiger partial charge in [0.05, 0.1) is 22.1 Å². The van der Waals surface area contributed by atoms with E-state index in [1.54, 1.807) is 0 Å². The fourth-order valence-electron chi connectivity index (χ4n) is 7.41. The molecule has 0 saturated carbocycles. The summed E-state index contributed by atoms with van der Waals surface area (Å²) in [6.07, 6.45) is 0. The Hall–Kier alpha value is -5.08. The van der Waals surface area contributed by atoms with Crippen LogP contribution in [0.5, 0.6) is 0 Å². The number of hydrogen-bond acceptors (Lipinski definition) is 0. The van der Waals surface area contributed by atoms with Crippen LogP contribution in [0.1, 0.15) is 25.0 Å². The Morgan fingerprint density at radius 2 is 0.854 bits per heavy atom. The Labute approximate surface area is 238 Å². The summed E-state index contributed by atoms with van der Waals surface area (Å²) in [4.78, 5) is 0. The number of rotatable bonds is 2. The summed E-state index contributed by atoms with van der Waals surface area (Å²) in [6, 6.07) is 49.1. The van der Waals surface area contributed by atoms with Crippen molar-refractivity contribution in [2.24, 2.45) is 0 Å². The van der Waals surface area contributed by atoms with E-state index >= 15 is 0 Å². The van der Waals surface area contributed by atoms with Crippen molar-refractivity contribution in [2.45, 2.75) is 19.3 Å². The molecule has 2 heteroatoms. The smallest absolute Gasteiger partial charge is 0.0542 e. The molecule has 2 nitrogen and oxygen atoms in total. The zero-order valence-corrected chi connectivity index (χ0v) is 23.1. The van der Waals surface area contributed by atoms with E-state index in [-0.39, 0.29) is 5.41 Å². The number of para-hydroxylation sites is 3. The van der Waals surface area contributed by atoms with Gasteiger partial charge >= 0.3 is 0 Å². The first-order valence-corrected chi connectivity index (χ1v) is 14.4. The molecule has 0 aliphatic heterocycles. The highest BCUT2D eigenvalue weighted by molar-refractivity contribution is 6.12. The first-order valence-electron chi connectivity index (χ1n) is 14.4. The first kappa shape index (κ1) is 22.7. The van der Waals surface area contributed by atoms with Crippen molar-refractivity contribution in [1.29, 1.82) is 0 Å². The van der Waals surface area contributed by atoms with Crippen molar-refractivity contribution < 1.29 is 0 Å². The monoisotopic (exact) mass is 524 g/mol. The van der Waals surface area contributed by atoms with Crippen molar-refractivity contribution in [3.8, 4) is 22.5 Å². The molecule has 9 rings (SSSR count). The maximum atomic E-state index is 2.44. The lowest BCUT2D eigenvalue weighted by Gasteiger charge is -2.22. The summed E-state index contributed by atoms with van der Waals surface area (Å²) in [5, 5.41) is 5.11. The summed E-state index contributed by atoms with van der Waals surface area (Å²) >= 11 is 0. The van der Waals surface area contributed by atoms with Gasteiger partial charge in [-0.05, 0) is 70.8 Å². The summed E-state index contributed by atoms with van der Waals surface area (Å²) in [6.45, 7) is 4.71. The summed E-state index contributed by atoms with van der Waals surface area (Å²) in [5.41, 5.74) is 12.8. The third-order valence-corrected chi connectivity index (χ3v) is 9.32. The van der Waals surface area contributed by atoms with Gasteiger partial charge in [-0.1, -0.05) is 98.8 Å². The Morgan fingerprint density at radius 1 is 0.390 bits per heavy atom. The topological polar surface area (TPSA) is 9.86 Å². The van der Waals surface area contributed by atoms with Crippen LogP contribution in [-0.2, 0) is 5.41 Å². The average molecular weight is 525 g/mol. The van der Waals surface area contributed by atoms with Crippen LogP contribution in [0.15, 0.2) is 133 Å².